The minimum Gasteiger partial charge on any atom is -0.339 e. The molecule has 2 aromatic rings. The van der Waals surface area contributed by atoms with Gasteiger partial charge in [0.2, 0.25) is 5.89 Å². The number of nitrogens with one attached hydrogen (secondary N) is 1. The molecule has 0 radical (unpaired) electrons. The van der Waals surface area contributed by atoms with Crippen LogP contribution in [0, 0.1) is 0 Å². The Morgan fingerprint density at radius 2 is 2.32 bits per heavy atom. The van der Waals surface area contributed by atoms with Crippen LogP contribution < -0.4 is 5.32 Å². The summed E-state index contributed by atoms with van der Waals surface area (Å²) in [5.74, 6) is 2.57. The first-order valence-corrected chi connectivity index (χ1v) is 7.51. The van der Waals surface area contributed by atoms with E-state index >= 15 is 0 Å². The number of nitrogens with zero attached hydrogens (tertiary/aromatic N) is 5. The molecule has 7 nitrogen and oxygen atoms in total. The maximum absolute atomic E-state index is 5.27. The quantitative estimate of drug-likeness (QED) is 0.893. The van der Waals surface area contributed by atoms with Gasteiger partial charge in [0.15, 0.2) is 5.82 Å². The van der Waals surface area contributed by atoms with Gasteiger partial charge in [0.05, 0.1) is 12.6 Å². The highest BCUT2D eigenvalue weighted by Gasteiger charge is 2.27. The van der Waals surface area contributed by atoms with Gasteiger partial charge in [0.1, 0.15) is 5.82 Å². The summed E-state index contributed by atoms with van der Waals surface area (Å²) in [5, 5.41) is 7.52. The van der Waals surface area contributed by atoms with Crippen molar-refractivity contribution in [2.24, 2.45) is 7.05 Å². The lowest BCUT2D eigenvalue weighted by atomic mass is 10.1. The SMILES string of the molecule is CCCc1nc(CN2CCNCC2c2nccn2C)no1.Cl. The van der Waals surface area contributed by atoms with Crippen LogP contribution in [0.15, 0.2) is 16.9 Å². The van der Waals surface area contributed by atoms with Crippen molar-refractivity contribution in [2.45, 2.75) is 32.4 Å². The highest BCUT2D eigenvalue weighted by atomic mass is 35.5. The fraction of sp³-hybridized carbons (Fsp3) is 0.643. The molecule has 0 aromatic carbocycles. The van der Waals surface area contributed by atoms with Gasteiger partial charge in [-0.05, 0) is 6.42 Å². The Labute approximate surface area is 136 Å². The summed E-state index contributed by atoms with van der Waals surface area (Å²) in [7, 11) is 2.03. The van der Waals surface area contributed by atoms with Gasteiger partial charge in [-0.1, -0.05) is 12.1 Å². The molecular formula is C14H23ClN6O. The zero-order valence-corrected chi connectivity index (χ0v) is 13.8. The van der Waals surface area contributed by atoms with Crippen molar-refractivity contribution >= 4 is 12.4 Å². The summed E-state index contributed by atoms with van der Waals surface area (Å²) in [6, 6.07) is 0.242. The molecule has 122 valence electrons. The van der Waals surface area contributed by atoms with E-state index in [1.807, 2.05) is 19.4 Å². The minimum atomic E-state index is 0. The first kappa shape index (κ1) is 16.9. The minimum absolute atomic E-state index is 0. The van der Waals surface area contributed by atoms with Gasteiger partial charge in [-0.15, -0.1) is 12.4 Å². The molecule has 1 fully saturated rings. The molecule has 0 saturated carbocycles. The summed E-state index contributed by atoms with van der Waals surface area (Å²) < 4.78 is 7.34. The monoisotopic (exact) mass is 326 g/mol. The zero-order chi connectivity index (χ0) is 14.7. The van der Waals surface area contributed by atoms with Crippen molar-refractivity contribution in [3.8, 4) is 0 Å². The predicted molar refractivity (Wildman–Crippen MR) is 84.8 cm³/mol. The van der Waals surface area contributed by atoms with E-state index in [1.54, 1.807) is 0 Å². The number of rotatable bonds is 5. The van der Waals surface area contributed by atoms with Crippen molar-refractivity contribution in [2.75, 3.05) is 19.6 Å². The number of aryl methyl sites for hydroxylation is 2. The third kappa shape index (κ3) is 3.66. The molecule has 3 heterocycles. The third-order valence-corrected chi connectivity index (χ3v) is 3.83. The van der Waals surface area contributed by atoms with Gasteiger partial charge in [-0.2, -0.15) is 4.98 Å². The number of hydrogen-bond acceptors (Lipinski definition) is 6. The summed E-state index contributed by atoms with van der Waals surface area (Å²) in [6.45, 7) is 5.63. The Kier molecular flexibility index (Phi) is 5.93. The molecule has 1 unspecified atom stereocenters. The molecule has 1 aliphatic rings. The Morgan fingerprint density at radius 1 is 1.45 bits per heavy atom. The second-order valence-corrected chi connectivity index (χ2v) is 5.44. The average molecular weight is 327 g/mol. The number of aromatic nitrogens is 4. The normalized spacial score (nSPS) is 19.1. The van der Waals surface area contributed by atoms with Crippen LogP contribution in [0.5, 0.6) is 0 Å². The van der Waals surface area contributed by atoms with Gasteiger partial charge in [-0.25, -0.2) is 4.98 Å². The van der Waals surface area contributed by atoms with Crippen LogP contribution in [-0.4, -0.2) is 44.2 Å². The third-order valence-electron chi connectivity index (χ3n) is 3.83. The van der Waals surface area contributed by atoms with E-state index < -0.39 is 0 Å². The fourth-order valence-corrected chi connectivity index (χ4v) is 2.74. The van der Waals surface area contributed by atoms with Crippen molar-refractivity contribution in [3.63, 3.8) is 0 Å². The highest BCUT2D eigenvalue weighted by Crippen LogP contribution is 2.21. The Morgan fingerprint density at radius 3 is 3.05 bits per heavy atom. The second kappa shape index (κ2) is 7.71. The molecule has 0 spiro atoms. The molecule has 0 amide bonds. The van der Waals surface area contributed by atoms with E-state index in [0.717, 1.165) is 50.0 Å². The van der Waals surface area contributed by atoms with Gasteiger partial charge in [0.25, 0.3) is 0 Å². The molecule has 1 N–H and O–H groups in total. The van der Waals surface area contributed by atoms with Crippen molar-refractivity contribution in [1.82, 2.24) is 29.9 Å². The summed E-state index contributed by atoms with van der Waals surface area (Å²) in [5.41, 5.74) is 0. The maximum atomic E-state index is 5.27. The van der Waals surface area contributed by atoms with Crippen molar-refractivity contribution < 1.29 is 4.52 Å². The molecule has 3 rings (SSSR count). The number of halogens is 1. The topological polar surface area (TPSA) is 72.0 Å². The van der Waals surface area contributed by atoms with E-state index in [2.05, 4.69) is 36.8 Å². The Hall–Kier alpha value is -1.44. The first-order valence-electron chi connectivity index (χ1n) is 7.51. The Balaban J connectivity index is 0.00000176. The number of imidazole rings is 1. The number of piperazine rings is 1. The molecule has 1 saturated heterocycles. The van der Waals surface area contributed by atoms with Crippen LogP contribution >= 0.6 is 12.4 Å². The molecule has 1 atom stereocenters. The first-order chi connectivity index (χ1) is 10.3. The van der Waals surface area contributed by atoms with E-state index in [4.69, 9.17) is 4.52 Å². The summed E-state index contributed by atoms with van der Waals surface area (Å²) in [6.07, 6.45) is 5.69. The van der Waals surface area contributed by atoms with Gasteiger partial charge in [-0.3, -0.25) is 4.90 Å². The zero-order valence-electron chi connectivity index (χ0n) is 13.0. The molecule has 8 heteroatoms. The summed E-state index contributed by atoms with van der Waals surface area (Å²) >= 11 is 0. The Bertz CT molecular complexity index is 583. The van der Waals surface area contributed by atoms with Crippen molar-refractivity contribution in [1.29, 1.82) is 0 Å². The van der Waals surface area contributed by atoms with Crippen LogP contribution in [0.4, 0.5) is 0 Å². The molecule has 22 heavy (non-hydrogen) atoms. The second-order valence-electron chi connectivity index (χ2n) is 5.44. The van der Waals surface area contributed by atoms with E-state index in [0.29, 0.717) is 6.54 Å². The smallest absolute Gasteiger partial charge is 0.226 e. The lowest BCUT2D eigenvalue weighted by Gasteiger charge is -2.34. The van der Waals surface area contributed by atoms with Crippen LogP contribution in [-0.2, 0) is 20.0 Å². The van der Waals surface area contributed by atoms with Crippen molar-refractivity contribution in [3.05, 3.63) is 29.9 Å². The van der Waals surface area contributed by atoms with Crippen LogP contribution in [0.25, 0.3) is 0 Å². The maximum Gasteiger partial charge on any atom is 0.226 e. The fourth-order valence-electron chi connectivity index (χ4n) is 2.74. The van der Waals surface area contributed by atoms with Gasteiger partial charge in [0, 0.05) is 45.5 Å². The molecular weight excluding hydrogens is 304 g/mol. The van der Waals surface area contributed by atoms with Gasteiger partial charge >= 0.3 is 0 Å². The largest absolute Gasteiger partial charge is 0.339 e. The summed E-state index contributed by atoms with van der Waals surface area (Å²) in [4.78, 5) is 11.3. The molecule has 0 aliphatic carbocycles. The standard InChI is InChI=1S/C14H22N6O.ClH/c1-3-4-13-17-12(18-21-13)10-20-8-5-15-9-11(20)14-16-6-7-19(14)2;/h6-7,11,15H,3-5,8-10H2,1-2H3;1H. The lowest BCUT2D eigenvalue weighted by molar-refractivity contribution is 0.139. The molecule has 0 bridgehead atoms. The molecule has 2 aromatic heterocycles. The highest BCUT2D eigenvalue weighted by molar-refractivity contribution is 5.85. The van der Waals surface area contributed by atoms with Crippen LogP contribution in [0.3, 0.4) is 0 Å². The van der Waals surface area contributed by atoms with Crippen LogP contribution in [0.1, 0.15) is 36.9 Å². The number of hydrogen-bond donors (Lipinski definition) is 1. The van der Waals surface area contributed by atoms with Crippen LogP contribution in [0.2, 0.25) is 0 Å². The molecule has 1 aliphatic heterocycles. The average Bonchev–Trinajstić information content (AvgIpc) is 3.09. The lowest BCUT2D eigenvalue weighted by Crippen LogP contribution is -2.46. The predicted octanol–water partition coefficient (Wildman–Crippen LogP) is 1.32. The van der Waals surface area contributed by atoms with E-state index in [9.17, 15) is 0 Å². The van der Waals surface area contributed by atoms with E-state index in [-0.39, 0.29) is 18.4 Å². The van der Waals surface area contributed by atoms with Gasteiger partial charge < -0.3 is 14.4 Å². The van der Waals surface area contributed by atoms with E-state index in [1.165, 1.54) is 0 Å².